The Bertz CT molecular complexity index is 1190. The maximum atomic E-state index is 12.4. The normalized spacial score (nSPS) is 13.6. The first-order valence-corrected chi connectivity index (χ1v) is 27.5. The Morgan fingerprint density at radius 3 is 1.09 bits per heavy atom. The second kappa shape index (κ2) is 54.6. The van der Waals surface area contributed by atoms with E-state index in [0.717, 1.165) is 77.0 Å². The molecule has 0 rings (SSSR count). The standard InChI is InChI=1S/C60H105NO3/c1-3-5-7-9-11-13-15-17-19-21-23-25-26-27-28-29-30-31-32-33-34-36-37-39-41-43-45-47-49-51-53-55-59(63)58(57-62)61-60(64)56-54-52-50-48-46-44-42-40-38-35-24-22-20-18-16-14-12-10-8-6-4-2/h6,8,12,14,18,20,24,35,40,42,45-48,53,55,58-59,62-63H,3-5,7,9-11,13,15-17,19,21-23,25-34,36-39,41,43-44,49-52,54,56-57H2,1-2H3,(H,61,64)/b8-6-,14-12-,20-18-,35-24-,42-40-,47-45+,48-46-,55-53+. The lowest BCUT2D eigenvalue weighted by atomic mass is 10.0. The van der Waals surface area contributed by atoms with Gasteiger partial charge in [0.1, 0.15) is 0 Å². The zero-order valence-electron chi connectivity index (χ0n) is 42.3. The Balaban J connectivity index is 3.61. The minimum Gasteiger partial charge on any atom is -0.394 e. The molecule has 0 saturated carbocycles. The molecule has 1 amide bonds. The molecule has 0 aliphatic rings. The summed E-state index contributed by atoms with van der Waals surface area (Å²) in [6, 6.07) is -0.670. The van der Waals surface area contributed by atoms with Crippen LogP contribution in [0.4, 0.5) is 0 Å². The van der Waals surface area contributed by atoms with E-state index in [1.165, 1.54) is 161 Å². The molecule has 0 bridgehead atoms. The zero-order valence-corrected chi connectivity index (χ0v) is 42.3. The summed E-state index contributed by atoms with van der Waals surface area (Å²) in [4.78, 5) is 12.4. The van der Waals surface area contributed by atoms with Crippen molar-refractivity contribution in [3.63, 3.8) is 0 Å². The summed E-state index contributed by atoms with van der Waals surface area (Å²) in [5.41, 5.74) is 0. The van der Waals surface area contributed by atoms with Gasteiger partial charge in [-0.15, -0.1) is 0 Å². The van der Waals surface area contributed by atoms with Crippen LogP contribution >= 0.6 is 0 Å². The summed E-state index contributed by atoms with van der Waals surface area (Å²) in [5, 5.41) is 23.1. The van der Waals surface area contributed by atoms with Crippen LogP contribution in [0.1, 0.15) is 258 Å². The van der Waals surface area contributed by atoms with Gasteiger partial charge in [0.2, 0.25) is 5.91 Å². The SMILES string of the molecule is CC/C=C\C/C=C\C/C=C\C/C=C\C/C=C\C/C=C\CCCCC(=O)NC(CO)C(O)/C=C/CC/C=C/CCCCCCCCCCCCCCCCCCCCCCCCCCC. The maximum absolute atomic E-state index is 12.4. The van der Waals surface area contributed by atoms with E-state index in [2.05, 4.69) is 104 Å². The van der Waals surface area contributed by atoms with Gasteiger partial charge >= 0.3 is 0 Å². The number of amides is 1. The molecule has 0 fully saturated rings. The van der Waals surface area contributed by atoms with E-state index in [0.29, 0.717) is 6.42 Å². The molecule has 4 heteroatoms. The van der Waals surface area contributed by atoms with Crippen molar-refractivity contribution in [1.29, 1.82) is 0 Å². The quantitative estimate of drug-likeness (QED) is 0.0421. The first kappa shape index (κ1) is 61.3. The fourth-order valence-electron chi connectivity index (χ4n) is 7.90. The molecule has 0 spiro atoms. The molecule has 0 saturated heterocycles. The predicted molar refractivity (Wildman–Crippen MR) is 285 cm³/mol. The molecule has 3 N–H and O–H groups in total. The van der Waals surface area contributed by atoms with Gasteiger partial charge in [-0.25, -0.2) is 0 Å². The highest BCUT2D eigenvalue weighted by Gasteiger charge is 2.17. The van der Waals surface area contributed by atoms with E-state index in [4.69, 9.17) is 0 Å². The van der Waals surface area contributed by atoms with Gasteiger partial charge in [-0.3, -0.25) is 4.79 Å². The molecule has 64 heavy (non-hydrogen) atoms. The van der Waals surface area contributed by atoms with Gasteiger partial charge in [0, 0.05) is 6.42 Å². The van der Waals surface area contributed by atoms with Crippen LogP contribution in [0.3, 0.4) is 0 Å². The van der Waals surface area contributed by atoms with Gasteiger partial charge < -0.3 is 15.5 Å². The molecule has 0 aromatic rings. The number of hydrogen-bond acceptors (Lipinski definition) is 3. The number of carbonyl (C=O) groups excluding carboxylic acids is 1. The van der Waals surface area contributed by atoms with Gasteiger partial charge in [0.05, 0.1) is 18.8 Å². The molecule has 0 radical (unpaired) electrons. The fourth-order valence-corrected chi connectivity index (χ4v) is 7.90. The molecule has 4 nitrogen and oxygen atoms in total. The van der Waals surface area contributed by atoms with Crippen LogP contribution in [0.2, 0.25) is 0 Å². The minimum atomic E-state index is -0.888. The molecule has 0 aliphatic carbocycles. The molecule has 0 aromatic heterocycles. The Hall–Kier alpha value is -2.69. The van der Waals surface area contributed by atoms with Crippen molar-refractivity contribution in [3.8, 4) is 0 Å². The Morgan fingerprint density at radius 2 is 0.703 bits per heavy atom. The molecule has 368 valence electrons. The maximum Gasteiger partial charge on any atom is 0.220 e. The van der Waals surface area contributed by atoms with Crippen molar-refractivity contribution in [3.05, 3.63) is 97.2 Å². The monoisotopic (exact) mass is 888 g/mol. The first-order valence-electron chi connectivity index (χ1n) is 27.5. The van der Waals surface area contributed by atoms with Crippen LogP contribution in [0, 0.1) is 0 Å². The lowest BCUT2D eigenvalue weighted by molar-refractivity contribution is -0.123. The zero-order chi connectivity index (χ0) is 46.3. The van der Waals surface area contributed by atoms with Gasteiger partial charge in [-0.2, -0.15) is 0 Å². The Kier molecular flexibility index (Phi) is 52.3. The average Bonchev–Trinajstić information content (AvgIpc) is 3.30. The molecular weight excluding hydrogens is 783 g/mol. The second-order valence-corrected chi connectivity index (χ2v) is 18.3. The van der Waals surface area contributed by atoms with Crippen LogP contribution in [-0.4, -0.2) is 34.9 Å². The van der Waals surface area contributed by atoms with E-state index in [1.54, 1.807) is 6.08 Å². The molecule has 0 heterocycles. The predicted octanol–water partition coefficient (Wildman–Crippen LogP) is 18.1. The van der Waals surface area contributed by atoms with Crippen molar-refractivity contribution in [2.45, 2.75) is 270 Å². The van der Waals surface area contributed by atoms with E-state index in [1.807, 2.05) is 6.08 Å². The van der Waals surface area contributed by atoms with E-state index in [9.17, 15) is 15.0 Å². The summed E-state index contributed by atoms with van der Waals surface area (Å²) >= 11 is 0. The molecule has 0 aromatic carbocycles. The average molecular weight is 889 g/mol. The summed E-state index contributed by atoms with van der Waals surface area (Å²) < 4.78 is 0. The summed E-state index contributed by atoms with van der Waals surface area (Å²) in [6.07, 6.45) is 81.4. The van der Waals surface area contributed by atoms with E-state index in [-0.39, 0.29) is 12.5 Å². The van der Waals surface area contributed by atoms with Crippen molar-refractivity contribution in [2.75, 3.05) is 6.61 Å². The molecule has 2 atom stereocenters. The summed E-state index contributed by atoms with van der Waals surface area (Å²) in [6.45, 7) is 4.17. The number of aliphatic hydroxyl groups excluding tert-OH is 2. The third kappa shape index (κ3) is 50.3. The third-order valence-corrected chi connectivity index (χ3v) is 12.1. The topological polar surface area (TPSA) is 69.6 Å². The molecule has 0 aliphatic heterocycles. The van der Waals surface area contributed by atoms with Crippen LogP contribution in [-0.2, 0) is 4.79 Å². The van der Waals surface area contributed by atoms with Crippen LogP contribution < -0.4 is 5.32 Å². The summed E-state index contributed by atoms with van der Waals surface area (Å²) in [5.74, 6) is -0.118. The number of unbranched alkanes of at least 4 members (excludes halogenated alkanes) is 28. The van der Waals surface area contributed by atoms with Crippen molar-refractivity contribution in [1.82, 2.24) is 5.32 Å². The fraction of sp³-hybridized carbons (Fsp3) is 0.717. The van der Waals surface area contributed by atoms with E-state index < -0.39 is 12.1 Å². The lowest BCUT2D eigenvalue weighted by Crippen LogP contribution is -2.45. The minimum absolute atomic E-state index is 0.118. The Labute approximate surface area is 398 Å². The van der Waals surface area contributed by atoms with Crippen molar-refractivity contribution < 1.29 is 15.0 Å². The largest absolute Gasteiger partial charge is 0.394 e. The van der Waals surface area contributed by atoms with E-state index >= 15 is 0 Å². The van der Waals surface area contributed by atoms with Gasteiger partial charge in [0.25, 0.3) is 0 Å². The Morgan fingerprint density at radius 1 is 0.391 bits per heavy atom. The summed E-state index contributed by atoms with van der Waals surface area (Å²) in [7, 11) is 0. The number of hydrogen-bond donors (Lipinski definition) is 3. The van der Waals surface area contributed by atoms with Crippen molar-refractivity contribution in [2.24, 2.45) is 0 Å². The van der Waals surface area contributed by atoms with Crippen LogP contribution in [0.15, 0.2) is 97.2 Å². The van der Waals surface area contributed by atoms with Crippen LogP contribution in [0.5, 0.6) is 0 Å². The van der Waals surface area contributed by atoms with Crippen LogP contribution in [0.25, 0.3) is 0 Å². The highest BCUT2D eigenvalue weighted by atomic mass is 16.3. The first-order chi connectivity index (χ1) is 31.7. The number of rotatable bonds is 49. The number of allylic oxidation sites excluding steroid dienone is 15. The molecule has 2 unspecified atom stereocenters. The third-order valence-electron chi connectivity index (χ3n) is 12.1. The number of nitrogens with one attached hydrogen (secondary N) is 1. The molecular formula is C60H105NO3. The lowest BCUT2D eigenvalue weighted by Gasteiger charge is -2.19. The highest BCUT2D eigenvalue weighted by molar-refractivity contribution is 5.76. The number of carbonyl (C=O) groups is 1. The smallest absolute Gasteiger partial charge is 0.220 e. The van der Waals surface area contributed by atoms with Gasteiger partial charge in [-0.05, 0) is 83.5 Å². The highest BCUT2D eigenvalue weighted by Crippen LogP contribution is 2.16. The van der Waals surface area contributed by atoms with Gasteiger partial charge in [-0.1, -0.05) is 265 Å². The number of aliphatic hydroxyl groups is 2. The van der Waals surface area contributed by atoms with Crippen molar-refractivity contribution >= 4 is 5.91 Å². The second-order valence-electron chi connectivity index (χ2n) is 18.3. The van der Waals surface area contributed by atoms with Gasteiger partial charge in [0.15, 0.2) is 0 Å².